The van der Waals surface area contributed by atoms with Crippen LogP contribution in [-0.2, 0) is 13.2 Å². The van der Waals surface area contributed by atoms with E-state index in [4.69, 9.17) is 5.73 Å². The Morgan fingerprint density at radius 3 is 2.30 bits per heavy atom. The van der Waals surface area contributed by atoms with Crippen molar-refractivity contribution in [1.29, 1.82) is 0 Å². The number of halogens is 3. The van der Waals surface area contributed by atoms with Crippen LogP contribution in [0.4, 0.5) is 24.5 Å². The molecule has 1 heterocycles. The summed E-state index contributed by atoms with van der Waals surface area (Å²) in [5, 5.41) is 2.51. The number of carbonyl (C=O) groups excluding carboxylic acids is 1. The fourth-order valence-corrected chi connectivity index (χ4v) is 1.75. The zero-order chi connectivity index (χ0) is 14.9. The number of hydrogen-bond acceptors (Lipinski definition) is 2. The Morgan fingerprint density at radius 1 is 1.25 bits per heavy atom. The number of aryl methyl sites for hydroxylation is 1. The molecule has 3 N–H and O–H groups in total. The van der Waals surface area contributed by atoms with E-state index in [1.165, 1.54) is 22.8 Å². The molecule has 0 aliphatic carbocycles. The molecule has 2 rings (SSSR count). The van der Waals surface area contributed by atoms with Crippen LogP contribution in [-0.4, -0.2) is 10.5 Å². The number of carbonyl (C=O) groups is 1. The molecule has 2 aromatic rings. The number of anilines is 2. The Morgan fingerprint density at radius 2 is 1.85 bits per heavy atom. The molecule has 0 unspecified atom stereocenters. The lowest BCUT2D eigenvalue weighted by molar-refractivity contribution is -0.137. The predicted molar refractivity (Wildman–Crippen MR) is 69.2 cm³/mol. The molecule has 1 aromatic carbocycles. The summed E-state index contributed by atoms with van der Waals surface area (Å²) in [6.45, 7) is 0. The van der Waals surface area contributed by atoms with Crippen LogP contribution < -0.4 is 11.1 Å². The first-order valence-corrected chi connectivity index (χ1v) is 5.68. The van der Waals surface area contributed by atoms with Crippen molar-refractivity contribution in [3.8, 4) is 0 Å². The van der Waals surface area contributed by atoms with E-state index >= 15 is 0 Å². The summed E-state index contributed by atoms with van der Waals surface area (Å²) >= 11 is 0. The molecule has 0 saturated heterocycles. The maximum atomic E-state index is 12.4. The van der Waals surface area contributed by atoms with Crippen LogP contribution >= 0.6 is 0 Å². The standard InChI is InChI=1S/C13H12F3N3O/c1-19-7-9(17)6-11(19)12(20)18-10-4-2-8(3-5-10)13(14,15)16/h2-7H,17H2,1H3,(H,18,20). The molecule has 7 heteroatoms. The van der Waals surface area contributed by atoms with Gasteiger partial charge in [0.2, 0.25) is 0 Å². The molecule has 0 radical (unpaired) electrons. The number of hydrogen-bond donors (Lipinski definition) is 2. The van der Waals surface area contributed by atoms with Gasteiger partial charge in [-0.2, -0.15) is 13.2 Å². The minimum absolute atomic E-state index is 0.280. The Hall–Kier alpha value is -2.44. The molecular weight excluding hydrogens is 271 g/mol. The molecule has 0 spiro atoms. The molecule has 1 aromatic heterocycles. The number of nitrogens with one attached hydrogen (secondary N) is 1. The van der Waals surface area contributed by atoms with Gasteiger partial charge in [0.25, 0.3) is 5.91 Å². The molecule has 20 heavy (non-hydrogen) atoms. The van der Waals surface area contributed by atoms with E-state index in [2.05, 4.69) is 5.32 Å². The maximum absolute atomic E-state index is 12.4. The monoisotopic (exact) mass is 283 g/mol. The third-order valence-corrected chi connectivity index (χ3v) is 2.73. The molecular formula is C13H12F3N3O. The van der Waals surface area contributed by atoms with E-state index in [1.54, 1.807) is 13.2 Å². The first-order valence-electron chi connectivity index (χ1n) is 5.68. The normalized spacial score (nSPS) is 11.4. The number of nitrogens with two attached hydrogens (primary N) is 1. The first-order chi connectivity index (χ1) is 9.27. The number of alkyl halides is 3. The van der Waals surface area contributed by atoms with Gasteiger partial charge in [0.15, 0.2) is 0 Å². The highest BCUT2D eigenvalue weighted by molar-refractivity contribution is 6.03. The molecule has 1 amide bonds. The number of benzene rings is 1. The summed E-state index contributed by atoms with van der Waals surface area (Å²) in [4.78, 5) is 11.9. The van der Waals surface area contributed by atoms with Crippen molar-refractivity contribution in [3.63, 3.8) is 0 Å². The average molecular weight is 283 g/mol. The van der Waals surface area contributed by atoms with Crippen molar-refractivity contribution in [2.45, 2.75) is 6.18 Å². The molecule has 0 aliphatic rings. The van der Waals surface area contributed by atoms with Gasteiger partial charge in [-0.3, -0.25) is 4.79 Å². The second-order valence-electron chi connectivity index (χ2n) is 4.30. The van der Waals surface area contributed by atoms with E-state index < -0.39 is 17.6 Å². The first kappa shape index (κ1) is 14.0. The summed E-state index contributed by atoms with van der Waals surface area (Å²) in [7, 11) is 1.65. The van der Waals surface area contributed by atoms with Gasteiger partial charge >= 0.3 is 6.18 Å². The number of aromatic nitrogens is 1. The zero-order valence-electron chi connectivity index (χ0n) is 10.5. The summed E-state index contributed by atoms with van der Waals surface area (Å²) in [6, 6.07) is 5.71. The molecule has 4 nitrogen and oxygen atoms in total. The van der Waals surface area contributed by atoms with Crippen LogP contribution in [0, 0.1) is 0 Å². The molecule has 0 atom stereocenters. The van der Waals surface area contributed by atoms with E-state index in [0.29, 0.717) is 11.4 Å². The SMILES string of the molecule is Cn1cc(N)cc1C(=O)Nc1ccc(C(F)(F)F)cc1. The van der Waals surface area contributed by atoms with Crippen molar-refractivity contribution in [2.75, 3.05) is 11.1 Å². The highest BCUT2D eigenvalue weighted by Gasteiger charge is 2.30. The quantitative estimate of drug-likeness (QED) is 0.890. The summed E-state index contributed by atoms with van der Waals surface area (Å²) < 4.78 is 38.7. The second kappa shape index (κ2) is 4.92. The molecule has 0 aliphatic heterocycles. The van der Waals surface area contributed by atoms with E-state index in [9.17, 15) is 18.0 Å². The lowest BCUT2D eigenvalue weighted by Crippen LogP contribution is -2.15. The van der Waals surface area contributed by atoms with Gasteiger partial charge in [0.05, 0.1) is 11.3 Å². The highest BCUT2D eigenvalue weighted by atomic mass is 19.4. The lowest BCUT2D eigenvalue weighted by Gasteiger charge is -2.09. The van der Waals surface area contributed by atoms with Crippen molar-refractivity contribution >= 4 is 17.3 Å². The van der Waals surface area contributed by atoms with E-state index in [0.717, 1.165) is 12.1 Å². The van der Waals surface area contributed by atoms with Gasteiger partial charge in [-0.25, -0.2) is 0 Å². The van der Waals surface area contributed by atoms with Gasteiger partial charge in [-0.1, -0.05) is 0 Å². The van der Waals surface area contributed by atoms with Gasteiger partial charge in [-0.05, 0) is 30.3 Å². The molecule has 0 fully saturated rings. The van der Waals surface area contributed by atoms with Gasteiger partial charge in [-0.15, -0.1) is 0 Å². The second-order valence-corrected chi connectivity index (χ2v) is 4.30. The number of rotatable bonds is 2. The van der Waals surface area contributed by atoms with Crippen LogP contribution in [0.15, 0.2) is 36.5 Å². The van der Waals surface area contributed by atoms with Gasteiger partial charge in [0.1, 0.15) is 5.69 Å². The topological polar surface area (TPSA) is 60.0 Å². The van der Waals surface area contributed by atoms with Crippen LogP contribution in [0.5, 0.6) is 0 Å². The highest BCUT2D eigenvalue weighted by Crippen LogP contribution is 2.29. The third kappa shape index (κ3) is 2.93. The smallest absolute Gasteiger partial charge is 0.397 e. The largest absolute Gasteiger partial charge is 0.416 e. The molecule has 0 saturated carbocycles. The van der Waals surface area contributed by atoms with Crippen molar-refractivity contribution in [2.24, 2.45) is 7.05 Å². The van der Waals surface area contributed by atoms with Crippen molar-refractivity contribution in [1.82, 2.24) is 4.57 Å². The Balaban J connectivity index is 2.14. The van der Waals surface area contributed by atoms with Crippen LogP contribution in [0.25, 0.3) is 0 Å². The Labute approximate surface area is 113 Å². The number of amides is 1. The lowest BCUT2D eigenvalue weighted by atomic mass is 10.2. The number of nitrogens with zero attached hydrogens (tertiary/aromatic N) is 1. The minimum atomic E-state index is -4.39. The third-order valence-electron chi connectivity index (χ3n) is 2.73. The summed E-state index contributed by atoms with van der Waals surface area (Å²) in [5.74, 6) is -0.441. The summed E-state index contributed by atoms with van der Waals surface area (Å²) in [6.07, 6.45) is -2.82. The van der Waals surface area contributed by atoms with Crippen LogP contribution in [0.1, 0.15) is 16.1 Å². The maximum Gasteiger partial charge on any atom is 0.416 e. The minimum Gasteiger partial charge on any atom is -0.397 e. The van der Waals surface area contributed by atoms with Crippen LogP contribution in [0.2, 0.25) is 0 Å². The predicted octanol–water partition coefficient (Wildman–Crippen LogP) is 2.88. The Kier molecular flexibility index (Phi) is 3.44. The average Bonchev–Trinajstić information content (AvgIpc) is 2.68. The number of nitrogen functional groups attached to an aromatic ring is 1. The van der Waals surface area contributed by atoms with E-state index in [-0.39, 0.29) is 5.69 Å². The molecule has 106 valence electrons. The molecule has 0 bridgehead atoms. The summed E-state index contributed by atoms with van der Waals surface area (Å²) in [5.41, 5.74) is 5.82. The van der Waals surface area contributed by atoms with Gasteiger partial charge < -0.3 is 15.6 Å². The van der Waals surface area contributed by atoms with Gasteiger partial charge in [0, 0.05) is 18.9 Å². The van der Waals surface area contributed by atoms with Crippen molar-refractivity contribution in [3.05, 3.63) is 47.8 Å². The fraction of sp³-hybridized carbons (Fsp3) is 0.154. The van der Waals surface area contributed by atoms with Crippen LogP contribution in [0.3, 0.4) is 0 Å². The fourth-order valence-electron chi connectivity index (χ4n) is 1.75. The Bertz CT molecular complexity index is 629. The van der Waals surface area contributed by atoms with Crippen molar-refractivity contribution < 1.29 is 18.0 Å². The zero-order valence-corrected chi connectivity index (χ0v) is 10.5. The van der Waals surface area contributed by atoms with E-state index in [1.807, 2.05) is 0 Å².